The average molecular weight is 368 g/mol. The lowest BCUT2D eigenvalue weighted by Gasteiger charge is -2.26. The molecule has 0 radical (unpaired) electrons. The molecule has 0 unspecified atom stereocenters. The molecule has 0 fully saturated rings. The Kier molecular flexibility index (Phi) is 4.90. The molecular formula is C16H18BrNO4. The van der Waals surface area contributed by atoms with Crippen LogP contribution in [0, 0.1) is 0 Å². The van der Waals surface area contributed by atoms with E-state index in [-0.39, 0.29) is 0 Å². The number of cyclic esters (lactones) is 1. The third-order valence-electron chi connectivity index (χ3n) is 2.90. The molecule has 0 saturated carbocycles. The highest BCUT2D eigenvalue weighted by Gasteiger charge is 2.30. The van der Waals surface area contributed by atoms with Gasteiger partial charge in [-0.3, -0.25) is 0 Å². The first-order chi connectivity index (χ1) is 10.2. The summed E-state index contributed by atoms with van der Waals surface area (Å²) in [5.41, 5.74) is 0.217. The number of hydrogen-bond donors (Lipinski definition) is 1. The number of hydrogen-bond acceptors (Lipinski definition) is 4. The summed E-state index contributed by atoms with van der Waals surface area (Å²) in [4.78, 5) is 23.3. The summed E-state index contributed by atoms with van der Waals surface area (Å²) in [6.07, 6.45) is 1.87. The summed E-state index contributed by atoms with van der Waals surface area (Å²) < 4.78 is 11.4. The first kappa shape index (κ1) is 16.5. The molecule has 0 bridgehead atoms. The van der Waals surface area contributed by atoms with Gasteiger partial charge in [0.2, 0.25) is 0 Å². The molecule has 0 aromatic heterocycles. The van der Waals surface area contributed by atoms with Gasteiger partial charge in [0.05, 0.1) is 6.04 Å². The van der Waals surface area contributed by atoms with Crippen molar-refractivity contribution in [3.05, 3.63) is 46.5 Å². The Labute approximate surface area is 137 Å². The van der Waals surface area contributed by atoms with Gasteiger partial charge in [0.15, 0.2) is 0 Å². The van der Waals surface area contributed by atoms with Crippen LogP contribution in [0.25, 0.3) is 0 Å². The van der Waals surface area contributed by atoms with E-state index in [1.54, 1.807) is 26.8 Å². The van der Waals surface area contributed by atoms with Gasteiger partial charge in [0.25, 0.3) is 0 Å². The summed E-state index contributed by atoms with van der Waals surface area (Å²) in [5.74, 6) is -0.418. The zero-order chi connectivity index (χ0) is 16.3. The van der Waals surface area contributed by atoms with E-state index in [0.717, 1.165) is 10.0 Å². The third-order valence-corrected chi connectivity index (χ3v) is 3.43. The van der Waals surface area contributed by atoms with Crippen LogP contribution in [0.15, 0.2) is 40.9 Å². The molecule has 1 heterocycles. The van der Waals surface area contributed by atoms with E-state index in [1.807, 2.05) is 24.3 Å². The lowest BCUT2D eigenvalue weighted by molar-refractivity contribution is -0.139. The number of esters is 1. The number of halogens is 1. The van der Waals surface area contributed by atoms with Gasteiger partial charge in [-0.15, -0.1) is 0 Å². The SMILES string of the molecule is CC(C)(C)OC(=O)N[C@H](c1ccc(Br)cc1)[C@@H]1C=CC(=O)O1. The summed E-state index contributed by atoms with van der Waals surface area (Å²) in [5, 5.41) is 2.77. The fourth-order valence-corrected chi connectivity index (χ4v) is 2.29. The molecule has 2 atom stereocenters. The normalized spacial score (nSPS) is 18.7. The van der Waals surface area contributed by atoms with Gasteiger partial charge in [-0.05, 0) is 44.5 Å². The van der Waals surface area contributed by atoms with Crippen LogP contribution >= 0.6 is 15.9 Å². The molecule has 1 N–H and O–H groups in total. The average Bonchev–Trinajstić information content (AvgIpc) is 2.81. The second-order valence-corrected chi connectivity index (χ2v) is 6.85. The minimum absolute atomic E-state index is 0.418. The highest BCUT2D eigenvalue weighted by atomic mass is 79.9. The maximum atomic E-state index is 12.0. The van der Waals surface area contributed by atoms with Crippen molar-refractivity contribution in [3.8, 4) is 0 Å². The number of carbonyl (C=O) groups is 2. The Hall–Kier alpha value is -1.82. The molecule has 2 rings (SSSR count). The van der Waals surface area contributed by atoms with Crippen molar-refractivity contribution in [2.24, 2.45) is 0 Å². The minimum atomic E-state index is -0.601. The first-order valence-corrected chi connectivity index (χ1v) is 7.68. The maximum Gasteiger partial charge on any atom is 0.408 e. The number of nitrogens with one attached hydrogen (secondary N) is 1. The lowest BCUT2D eigenvalue weighted by atomic mass is 10.0. The summed E-state index contributed by atoms with van der Waals surface area (Å²) in [6.45, 7) is 5.37. The van der Waals surface area contributed by atoms with Gasteiger partial charge < -0.3 is 14.8 Å². The van der Waals surface area contributed by atoms with Crippen LogP contribution in [0.2, 0.25) is 0 Å². The lowest BCUT2D eigenvalue weighted by Crippen LogP contribution is -2.39. The van der Waals surface area contributed by atoms with E-state index < -0.39 is 29.8 Å². The van der Waals surface area contributed by atoms with Gasteiger partial charge in [-0.1, -0.05) is 28.1 Å². The van der Waals surface area contributed by atoms with E-state index in [0.29, 0.717) is 0 Å². The van der Waals surface area contributed by atoms with Crippen molar-refractivity contribution in [2.75, 3.05) is 0 Å². The number of alkyl carbamates (subject to hydrolysis) is 1. The number of benzene rings is 1. The second kappa shape index (κ2) is 6.52. The van der Waals surface area contributed by atoms with E-state index >= 15 is 0 Å². The third kappa shape index (κ3) is 4.59. The van der Waals surface area contributed by atoms with Gasteiger partial charge in [-0.2, -0.15) is 0 Å². The molecule has 0 spiro atoms. The molecule has 118 valence electrons. The molecule has 0 aliphatic carbocycles. The van der Waals surface area contributed by atoms with Crippen LogP contribution in [0.5, 0.6) is 0 Å². The van der Waals surface area contributed by atoms with Crippen molar-refractivity contribution < 1.29 is 19.1 Å². The van der Waals surface area contributed by atoms with E-state index in [4.69, 9.17) is 9.47 Å². The van der Waals surface area contributed by atoms with Gasteiger partial charge in [0, 0.05) is 10.5 Å². The molecule has 1 aromatic rings. The van der Waals surface area contributed by atoms with Crippen LogP contribution in [0.4, 0.5) is 4.79 Å². The van der Waals surface area contributed by atoms with Crippen molar-refractivity contribution in [2.45, 2.75) is 38.5 Å². The Bertz CT molecular complexity index is 589. The molecular weight excluding hydrogens is 350 g/mol. The van der Waals surface area contributed by atoms with Crippen molar-refractivity contribution >= 4 is 28.0 Å². The fraction of sp³-hybridized carbons (Fsp3) is 0.375. The minimum Gasteiger partial charge on any atom is -0.452 e. The zero-order valence-electron chi connectivity index (χ0n) is 12.6. The predicted octanol–water partition coefficient (Wildman–Crippen LogP) is 3.50. The second-order valence-electron chi connectivity index (χ2n) is 5.94. The van der Waals surface area contributed by atoms with Crippen molar-refractivity contribution in [1.29, 1.82) is 0 Å². The molecule has 5 nitrogen and oxygen atoms in total. The number of ether oxygens (including phenoxy) is 2. The summed E-state index contributed by atoms with van der Waals surface area (Å²) >= 11 is 3.37. The van der Waals surface area contributed by atoms with Crippen molar-refractivity contribution in [3.63, 3.8) is 0 Å². The Morgan fingerprint density at radius 2 is 1.95 bits per heavy atom. The standard InChI is InChI=1S/C16H18BrNO4/c1-16(2,3)22-15(20)18-14(12-8-9-13(19)21-12)10-4-6-11(17)7-5-10/h4-9,12,14H,1-3H3,(H,18,20)/t12-,14+/m0/s1. The maximum absolute atomic E-state index is 12.0. The Morgan fingerprint density at radius 1 is 1.32 bits per heavy atom. The summed E-state index contributed by atoms with van der Waals surface area (Å²) in [7, 11) is 0. The van der Waals surface area contributed by atoms with E-state index in [1.165, 1.54) is 6.08 Å². The van der Waals surface area contributed by atoms with Crippen LogP contribution in [-0.2, 0) is 14.3 Å². The van der Waals surface area contributed by atoms with Gasteiger partial charge in [0.1, 0.15) is 11.7 Å². The van der Waals surface area contributed by atoms with Gasteiger partial charge >= 0.3 is 12.1 Å². The quantitative estimate of drug-likeness (QED) is 0.830. The van der Waals surface area contributed by atoms with Crippen LogP contribution in [-0.4, -0.2) is 23.8 Å². The van der Waals surface area contributed by atoms with Crippen LogP contribution in [0.1, 0.15) is 32.4 Å². The number of amides is 1. The largest absolute Gasteiger partial charge is 0.452 e. The molecule has 1 aromatic carbocycles. The molecule has 0 saturated heterocycles. The molecule has 1 amide bonds. The van der Waals surface area contributed by atoms with Gasteiger partial charge in [-0.25, -0.2) is 9.59 Å². The molecule has 1 aliphatic heterocycles. The highest BCUT2D eigenvalue weighted by Crippen LogP contribution is 2.25. The molecule has 22 heavy (non-hydrogen) atoms. The number of rotatable bonds is 3. The van der Waals surface area contributed by atoms with Crippen LogP contribution in [0.3, 0.4) is 0 Å². The van der Waals surface area contributed by atoms with Crippen LogP contribution < -0.4 is 5.32 Å². The Balaban J connectivity index is 2.18. The molecule has 6 heteroatoms. The topological polar surface area (TPSA) is 64.6 Å². The predicted molar refractivity (Wildman–Crippen MR) is 85.3 cm³/mol. The fourth-order valence-electron chi connectivity index (χ4n) is 2.03. The zero-order valence-corrected chi connectivity index (χ0v) is 14.2. The monoisotopic (exact) mass is 367 g/mol. The van der Waals surface area contributed by atoms with E-state index in [9.17, 15) is 9.59 Å². The van der Waals surface area contributed by atoms with Crippen molar-refractivity contribution in [1.82, 2.24) is 5.32 Å². The number of carbonyl (C=O) groups excluding carboxylic acids is 2. The highest BCUT2D eigenvalue weighted by molar-refractivity contribution is 9.10. The molecule has 1 aliphatic rings. The summed E-state index contributed by atoms with van der Waals surface area (Å²) in [6, 6.07) is 6.92. The first-order valence-electron chi connectivity index (χ1n) is 6.88. The van der Waals surface area contributed by atoms with E-state index in [2.05, 4.69) is 21.2 Å². The smallest absolute Gasteiger partial charge is 0.408 e. The Morgan fingerprint density at radius 3 is 2.45 bits per heavy atom.